The number of ether oxygens (including phenoxy) is 5. The van der Waals surface area contributed by atoms with E-state index in [1.54, 1.807) is 0 Å². The molecule has 0 aromatic rings. The molecule has 6 rings (SSSR count). The van der Waals surface area contributed by atoms with Crippen molar-refractivity contribution >= 4 is 29.7 Å². The lowest BCUT2D eigenvalue weighted by atomic mass is 9.37. The molecule has 0 aromatic heterocycles. The maximum Gasteiger partial charge on any atom is 0.339 e. The van der Waals surface area contributed by atoms with E-state index in [1.165, 1.54) is 0 Å². The highest BCUT2D eigenvalue weighted by Crippen LogP contribution is 2.78. The molecule has 5 fully saturated rings. The summed E-state index contributed by atoms with van der Waals surface area (Å²) in [6.07, 6.45) is -2.13. The van der Waals surface area contributed by atoms with Crippen molar-refractivity contribution in [3.05, 3.63) is 11.6 Å². The van der Waals surface area contributed by atoms with Crippen molar-refractivity contribution in [1.82, 2.24) is 0 Å². The van der Waals surface area contributed by atoms with E-state index in [0.29, 0.717) is 12.8 Å². The van der Waals surface area contributed by atoms with Crippen LogP contribution in [0, 0.1) is 28.1 Å². The Morgan fingerprint density at radius 3 is 2.33 bits per heavy atom. The Morgan fingerprint density at radius 1 is 1.03 bits per heavy atom. The van der Waals surface area contributed by atoms with Crippen LogP contribution in [-0.2, 0) is 47.7 Å². The van der Waals surface area contributed by atoms with Crippen molar-refractivity contribution in [2.24, 2.45) is 28.1 Å². The molecule has 39 heavy (non-hydrogen) atoms. The smallest absolute Gasteiger partial charge is 0.339 e. The Hall–Kier alpha value is -2.63. The zero-order valence-corrected chi connectivity index (χ0v) is 22.9. The molecule has 4 aliphatic heterocycles. The van der Waals surface area contributed by atoms with Gasteiger partial charge in [0.05, 0.1) is 23.5 Å². The van der Waals surface area contributed by atoms with Crippen molar-refractivity contribution in [1.29, 1.82) is 0 Å². The van der Waals surface area contributed by atoms with E-state index in [9.17, 15) is 29.1 Å². The molecule has 4 heterocycles. The molecule has 1 unspecified atom stereocenters. The molecule has 3 saturated heterocycles. The number of hydrogen-bond acceptors (Lipinski definition) is 11. The van der Waals surface area contributed by atoms with Crippen LogP contribution in [0.4, 0.5) is 0 Å². The van der Waals surface area contributed by atoms with Gasteiger partial charge in [-0.15, -0.1) is 0 Å². The molecule has 0 bridgehead atoms. The summed E-state index contributed by atoms with van der Waals surface area (Å²) in [6.45, 7) is 10.7. The van der Waals surface area contributed by atoms with Crippen molar-refractivity contribution in [2.45, 2.75) is 103 Å². The molecule has 11 nitrogen and oxygen atoms in total. The van der Waals surface area contributed by atoms with Crippen LogP contribution in [0.5, 0.6) is 0 Å². The first kappa shape index (κ1) is 26.6. The Kier molecular flexibility index (Phi) is 5.29. The fourth-order valence-corrected chi connectivity index (χ4v) is 9.49. The highest BCUT2D eigenvalue weighted by Gasteiger charge is 2.89. The van der Waals surface area contributed by atoms with Crippen molar-refractivity contribution in [3.63, 3.8) is 0 Å². The lowest BCUT2D eigenvalue weighted by Gasteiger charge is -2.64. The molecule has 6 aliphatic rings. The van der Waals surface area contributed by atoms with Gasteiger partial charge in [-0.05, 0) is 39.5 Å². The van der Waals surface area contributed by atoms with Crippen LogP contribution in [0.25, 0.3) is 0 Å². The van der Waals surface area contributed by atoms with Crippen LogP contribution >= 0.6 is 0 Å². The first-order chi connectivity index (χ1) is 18.0. The fraction of sp³-hybridized carbons (Fsp3) is 0.750. The highest BCUT2D eigenvalue weighted by molar-refractivity contribution is 5.94. The minimum Gasteiger partial charge on any atom is -0.455 e. The number of carbonyl (C=O) groups is 5. The Balaban J connectivity index is 1.45. The number of fused-ring (bicyclic) bond motifs is 3. The third-order valence-corrected chi connectivity index (χ3v) is 11.1. The van der Waals surface area contributed by atoms with Gasteiger partial charge in [-0.25, -0.2) is 9.59 Å². The quantitative estimate of drug-likeness (QED) is 0.237. The number of aliphatic hydroxyl groups is 1. The number of carbonyl (C=O) groups excluding carboxylic acids is 5. The summed E-state index contributed by atoms with van der Waals surface area (Å²) < 4.78 is 28.3. The summed E-state index contributed by atoms with van der Waals surface area (Å²) in [5.41, 5.74) is -4.68. The second-order valence-electron chi connectivity index (χ2n) is 13.1. The molecule has 2 aliphatic carbocycles. The normalized spacial score (nSPS) is 49.0. The molecule has 0 amide bonds. The zero-order chi connectivity index (χ0) is 28.5. The second-order valence-corrected chi connectivity index (χ2v) is 13.1. The van der Waals surface area contributed by atoms with E-state index >= 15 is 0 Å². The van der Waals surface area contributed by atoms with Gasteiger partial charge >= 0.3 is 23.9 Å². The first-order valence-corrected chi connectivity index (χ1v) is 13.4. The SMILES string of the molecule is CC(=O)OC(=O)C[C@@H]1OC(C)(C)[C@@H]2CC(=O)[C@]3(C)[C@H](CC[C@@]4(C)[C@H](C5=CC(=O)OC5O)OC(=O)[C@H]5O[C@]543)[C@@]12C. The number of esters is 4. The maximum atomic E-state index is 14.3. The lowest BCUT2D eigenvalue weighted by Crippen LogP contribution is -2.72. The average Bonchev–Trinajstić information content (AvgIpc) is 3.47. The lowest BCUT2D eigenvalue weighted by molar-refractivity contribution is -0.208. The van der Waals surface area contributed by atoms with Gasteiger partial charge in [0.15, 0.2) is 6.10 Å². The van der Waals surface area contributed by atoms with Gasteiger partial charge in [-0.1, -0.05) is 13.8 Å². The molecule has 2 saturated carbocycles. The molecule has 1 N–H and O–H groups in total. The standard InChI is InChI=1S/C28H34O11/c1-12(29)35-19(32)11-17-26(5)14-7-8-25(4)20(13-9-18(31)36-22(13)33)37-23(34)21-28(25,39-21)27(14,6)16(30)10-15(26)24(2,3)38-17/h9,14-15,17,20-22,33H,7-8,10-11H2,1-6H3/t14-,15+,17+,20+,21-,22?,25+,26-,27+,28-/m1/s1. The number of rotatable bonds is 3. The predicted molar refractivity (Wildman–Crippen MR) is 128 cm³/mol. The van der Waals surface area contributed by atoms with Crippen molar-refractivity contribution in [3.8, 4) is 0 Å². The Labute approximate surface area is 225 Å². The zero-order valence-electron chi connectivity index (χ0n) is 22.9. The van der Waals surface area contributed by atoms with Crippen molar-refractivity contribution < 1.29 is 52.8 Å². The number of aliphatic hydroxyl groups excluding tert-OH is 1. The average molecular weight is 547 g/mol. The van der Waals surface area contributed by atoms with Gasteiger partial charge in [0.2, 0.25) is 6.29 Å². The molecule has 10 atom stereocenters. The van der Waals surface area contributed by atoms with E-state index < -0.39 is 75.9 Å². The second kappa shape index (κ2) is 7.76. The van der Waals surface area contributed by atoms with Gasteiger partial charge in [-0.2, -0.15) is 0 Å². The van der Waals surface area contributed by atoms with Crippen LogP contribution in [0.3, 0.4) is 0 Å². The molecular formula is C28H34O11. The van der Waals surface area contributed by atoms with Crippen molar-refractivity contribution in [2.75, 3.05) is 0 Å². The third-order valence-electron chi connectivity index (χ3n) is 11.1. The number of epoxide rings is 1. The number of ketones is 1. The van der Waals surface area contributed by atoms with E-state index in [-0.39, 0.29) is 36.0 Å². The predicted octanol–water partition coefficient (Wildman–Crippen LogP) is 1.53. The van der Waals surface area contributed by atoms with Gasteiger partial charge in [0, 0.05) is 41.7 Å². The molecular weight excluding hydrogens is 512 g/mol. The molecule has 212 valence electrons. The minimum atomic E-state index is -1.56. The number of hydrogen-bond donors (Lipinski definition) is 1. The van der Waals surface area contributed by atoms with Crippen LogP contribution in [-0.4, -0.2) is 70.6 Å². The first-order valence-electron chi connectivity index (χ1n) is 13.4. The topological polar surface area (TPSA) is 155 Å². The third kappa shape index (κ3) is 3.06. The Morgan fingerprint density at radius 2 is 1.72 bits per heavy atom. The summed E-state index contributed by atoms with van der Waals surface area (Å²) in [5.74, 6) is -3.44. The molecule has 0 aromatic carbocycles. The molecule has 0 radical (unpaired) electrons. The maximum absolute atomic E-state index is 14.3. The summed E-state index contributed by atoms with van der Waals surface area (Å²) in [5, 5.41) is 10.5. The van der Waals surface area contributed by atoms with Gasteiger partial charge in [0.1, 0.15) is 17.5 Å². The summed E-state index contributed by atoms with van der Waals surface area (Å²) >= 11 is 0. The van der Waals surface area contributed by atoms with E-state index in [4.69, 9.17) is 23.7 Å². The summed E-state index contributed by atoms with van der Waals surface area (Å²) in [6, 6.07) is 0. The van der Waals surface area contributed by atoms with E-state index in [1.807, 2.05) is 34.6 Å². The van der Waals surface area contributed by atoms with Crippen LogP contribution < -0.4 is 0 Å². The Bertz CT molecular complexity index is 1250. The molecule has 1 spiro atoms. The van der Waals surface area contributed by atoms with Gasteiger partial charge in [-0.3, -0.25) is 14.4 Å². The highest BCUT2D eigenvalue weighted by atomic mass is 16.7. The molecule has 11 heteroatoms. The summed E-state index contributed by atoms with van der Waals surface area (Å²) in [7, 11) is 0. The number of cyclic esters (lactones) is 2. The van der Waals surface area contributed by atoms with Gasteiger partial charge < -0.3 is 28.8 Å². The van der Waals surface area contributed by atoms with Crippen LogP contribution in [0.1, 0.15) is 67.2 Å². The van der Waals surface area contributed by atoms with Crippen LogP contribution in [0.2, 0.25) is 0 Å². The summed E-state index contributed by atoms with van der Waals surface area (Å²) in [4.78, 5) is 63.6. The van der Waals surface area contributed by atoms with E-state index in [0.717, 1.165) is 13.0 Å². The van der Waals surface area contributed by atoms with E-state index in [2.05, 4.69) is 0 Å². The van der Waals surface area contributed by atoms with Crippen LogP contribution in [0.15, 0.2) is 11.6 Å². The minimum absolute atomic E-state index is 0.0613. The fourth-order valence-electron chi connectivity index (χ4n) is 9.49. The van der Waals surface area contributed by atoms with Gasteiger partial charge in [0.25, 0.3) is 0 Å². The monoisotopic (exact) mass is 546 g/mol. The largest absolute Gasteiger partial charge is 0.455 e. The number of Topliss-reactive ketones (excluding diaryl/α,β-unsaturated/α-hetero) is 1.